The average Bonchev–Trinajstić information content (AvgIpc) is 3.59. The van der Waals surface area contributed by atoms with Crippen molar-refractivity contribution in [2.75, 3.05) is 31.5 Å². The SMILES string of the molecule is CCc1cc(Nc2nccn3c(-c4cn(CC#N)nc4C(F)(F)F)cnc23)ccc1C(=O)N1CCNCC1.O=CO. The highest BCUT2D eigenvalue weighted by Crippen LogP contribution is 2.37. The van der Waals surface area contributed by atoms with E-state index in [2.05, 4.69) is 25.7 Å². The lowest BCUT2D eigenvalue weighted by Gasteiger charge is -2.28. The van der Waals surface area contributed by atoms with E-state index in [9.17, 15) is 18.0 Å². The molecule has 1 saturated heterocycles. The predicted molar refractivity (Wildman–Crippen MR) is 141 cm³/mol. The minimum Gasteiger partial charge on any atom is -0.483 e. The number of carbonyl (C=O) groups excluding carboxylic acids is 1. The summed E-state index contributed by atoms with van der Waals surface area (Å²) in [5.74, 6) is 0.324. The van der Waals surface area contributed by atoms with E-state index in [-0.39, 0.29) is 30.2 Å². The van der Waals surface area contributed by atoms with Crippen molar-refractivity contribution in [2.24, 2.45) is 0 Å². The maximum atomic E-state index is 13.7. The molecular weight excluding hydrogens is 543 g/mol. The lowest BCUT2D eigenvalue weighted by molar-refractivity contribution is -0.141. The highest BCUT2D eigenvalue weighted by Gasteiger charge is 2.38. The van der Waals surface area contributed by atoms with Gasteiger partial charge in [0.05, 0.1) is 23.5 Å². The van der Waals surface area contributed by atoms with Crippen LogP contribution in [-0.2, 0) is 23.9 Å². The van der Waals surface area contributed by atoms with Crippen LogP contribution in [-0.4, -0.2) is 72.7 Å². The van der Waals surface area contributed by atoms with E-state index < -0.39 is 11.9 Å². The molecule has 3 aromatic heterocycles. The Labute approximate surface area is 232 Å². The van der Waals surface area contributed by atoms with Gasteiger partial charge >= 0.3 is 6.18 Å². The zero-order valence-corrected chi connectivity index (χ0v) is 21.9. The highest BCUT2D eigenvalue weighted by atomic mass is 19.4. The van der Waals surface area contributed by atoms with Gasteiger partial charge in [-0.1, -0.05) is 6.92 Å². The minimum absolute atomic E-state index is 0.00885. The molecule has 0 atom stereocenters. The molecule has 0 bridgehead atoms. The third-order valence-electron chi connectivity index (χ3n) is 6.35. The molecule has 1 amide bonds. The van der Waals surface area contributed by atoms with Crippen molar-refractivity contribution in [1.82, 2.24) is 34.4 Å². The first kappa shape index (κ1) is 29.0. The van der Waals surface area contributed by atoms with Crippen molar-refractivity contribution < 1.29 is 27.9 Å². The molecule has 12 nitrogen and oxygen atoms in total. The van der Waals surface area contributed by atoms with Crippen LogP contribution in [0.4, 0.5) is 24.7 Å². The summed E-state index contributed by atoms with van der Waals surface area (Å²) in [5.41, 5.74) is 1.36. The van der Waals surface area contributed by atoms with Crippen LogP contribution < -0.4 is 10.6 Å². The standard InChI is InChI=1S/C25H24F3N9O.CH2O2/c1-2-16-13-17(3-4-18(16)24(38)35-10-6-30-7-11-35)33-22-23-32-14-20(37(23)12-8-31-22)19-15-36(9-5-29)34-21(19)25(26,27)28;2-1-3/h3-4,8,12-15,30H,2,6-7,9-11H2,1H3,(H,31,33);1H,(H,2,3). The van der Waals surface area contributed by atoms with Crippen molar-refractivity contribution in [1.29, 1.82) is 5.26 Å². The molecule has 1 aromatic carbocycles. The van der Waals surface area contributed by atoms with E-state index in [0.29, 0.717) is 42.2 Å². The van der Waals surface area contributed by atoms with Gasteiger partial charge in [-0.25, -0.2) is 9.97 Å². The molecule has 15 heteroatoms. The summed E-state index contributed by atoms with van der Waals surface area (Å²) in [6, 6.07) is 7.23. The van der Waals surface area contributed by atoms with E-state index in [4.69, 9.17) is 15.2 Å². The number of anilines is 2. The molecule has 4 aromatic rings. The number of benzene rings is 1. The van der Waals surface area contributed by atoms with Crippen molar-refractivity contribution >= 4 is 29.5 Å². The normalized spacial score (nSPS) is 13.3. The number of rotatable bonds is 6. The fraction of sp³-hybridized carbons (Fsp3) is 0.308. The Balaban J connectivity index is 0.00000124. The Morgan fingerprint density at radius 3 is 2.66 bits per heavy atom. The van der Waals surface area contributed by atoms with Crippen LogP contribution in [0.3, 0.4) is 0 Å². The van der Waals surface area contributed by atoms with Crippen LogP contribution in [0.25, 0.3) is 16.9 Å². The van der Waals surface area contributed by atoms with Crippen molar-refractivity contribution in [3.63, 3.8) is 0 Å². The second-order valence-corrected chi connectivity index (χ2v) is 8.86. The maximum absolute atomic E-state index is 13.7. The second-order valence-electron chi connectivity index (χ2n) is 8.86. The smallest absolute Gasteiger partial charge is 0.435 e. The molecule has 214 valence electrons. The maximum Gasteiger partial charge on any atom is 0.435 e. The van der Waals surface area contributed by atoms with Gasteiger partial charge in [0.2, 0.25) is 0 Å². The third-order valence-corrected chi connectivity index (χ3v) is 6.35. The average molecular weight is 570 g/mol. The van der Waals surface area contributed by atoms with E-state index in [1.807, 2.05) is 17.9 Å². The lowest BCUT2D eigenvalue weighted by Crippen LogP contribution is -2.46. The molecule has 1 aliphatic heterocycles. The summed E-state index contributed by atoms with van der Waals surface area (Å²) >= 11 is 0. The number of carboxylic acid groups (broad SMARTS) is 1. The monoisotopic (exact) mass is 569 g/mol. The molecule has 0 saturated carbocycles. The lowest BCUT2D eigenvalue weighted by atomic mass is 10.0. The van der Waals surface area contributed by atoms with Crippen LogP contribution in [0.2, 0.25) is 0 Å². The van der Waals surface area contributed by atoms with Gasteiger partial charge in [-0.2, -0.15) is 23.5 Å². The summed E-state index contributed by atoms with van der Waals surface area (Å²) in [5, 5.41) is 25.8. The Morgan fingerprint density at radius 1 is 1.27 bits per heavy atom. The number of fused-ring (bicyclic) bond motifs is 1. The predicted octanol–water partition coefficient (Wildman–Crippen LogP) is 3.19. The Morgan fingerprint density at radius 2 is 2.00 bits per heavy atom. The minimum atomic E-state index is -4.71. The molecule has 41 heavy (non-hydrogen) atoms. The largest absolute Gasteiger partial charge is 0.483 e. The van der Waals surface area contributed by atoms with E-state index in [1.165, 1.54) is 29.2 Å². The number of nitrogens with zero attached hydrogens (tertiary/aromatic N) is 7. The summed E-state index contributed by atoms with van der Waals surface area (Å²) < 4.78 is 43.5. The number of nitrogens with one attached hydrogen (secondary N) is 2. The Kier molecular flexibility index (Phi) is 8.83. The van der Waals surface area contributed by atoms with Gasteiger partial charge in [0.15, 0.2) is 17.2 Å². The highest BCUT2D eigenvalue weighted by molar-refractivity contribution is 5.96. The van der Waals surface area contributed by atoms with Crippen LogP contribution in [0.15, 0.2) is 43.0 Å². The van der Waals surface area contributed by atoms with Gasteiger partial charge in [-0.15, -0.1) is 0 Å². The van der Waals surface area contributed by atoms with E-state index >= 15 is 0 Å². The molecular formula is C26H26F3N9O3. The van der Waals surface area contributed by atoms with Crippen LogP contribution in [0.5, 0.6) is 0 Å². The number of aromatic nitrogens is 5. The number of aryl methyl sites for hydroxylation is 1. The first-order chi connectivity index (χ1) is 19.7. The van der Waals surface area contributed by atoms with Crippen molar-refractivity contribution in [2.45, 2.75) is 26.1 Å². The molecule has 1 aliphatic rings. The van der Waals surface area contributed by atoms with Crippen LogP contribution in [0.1, 0.15) is 28.5 Å². The first-order valence-electron chi connectivity index (χ1n) is 12.5. The second kappa shape index (κ2) is 12.5. The fourth-order valence-electron chi connectivity index (χ4n) is 4.53. The number of hydrogen-bond donors (Lipinski definition) is 3. The number of halogens is 3. The molecule has 4 heterocycles. The Bertz CT molecular complexity index is 1580. The van der Waals surface area contributed by atoms with Gasteiger partial charge in [-0.05, 0) is 30.2 Å². The number of piperazine rings is 1. The van der Waals surface area contributed by atoms with Gasteiger partial charge in [-0.3, -0.25) is 18.7 Å². The number of alkyl halides is 3. The summed E-state index contributed by atoms with van der Waals surface area (Å²) in [6.45, 7) is 4.24. The molecule has 0 aliphatic carbocycles. The summed E-state index contributed by atoms with van der Waals surface area (Å²) in [7, 11) is 0. The molecule has 0 unspecified atom stereocenters. The van der Waals surface area contributed by atoms with Crippen molar-refractivity contribution in [3.8, 4) is 17.3 Å². The van der Waals surface area contributed by atoms with Crippen LogP contribution >= 0.6 is 0 Å². The molecule has 5 rings (SSSR count). The van der Waals surface area contributed by atoms with Gasteiger partial charge in [0, 0.05) is 56.0 Å². The van der Waals surface area contributed by atoms with Crippen molar-refractivity contribution in [3.05, 3.63) is 59.8 Å². The number of imidazole rings is 1. The fourth-order valence-corrected chi connectivity index (χ4v) is 4.53. The molecule has 0 spiro atoms. The summed E-state index contributed by atoms with van der Waals surface area (Å²) in [6.07, 6.45) is 1.39. The number of amides is 1. The molecule has 3 N–H and O–H groups in total. The van der Waals surface area contributed by atoms with Gasteiger partial charge in [0.25, 0.3) is 12.4 Å². The molecule has 1 fully saturated rings. The third kappa shape index (κ3) is 6.28. The quantitative estimate of drug-likeness (QED) is 0.297. The number of carbonyl (C=O) groups is 2. The number of hydrogen-bond acceptors (Lipinski definition) is 8. The zero-order valence-electron chi connectivity index (χ0n) is 21.9. The number of nitriles is 1. The Hall–Kier alpha value is -4.97. The molecule has 0 radical (unpaired) electrons. The summed E-state index contributed by atoms with van der Waals surface area (Å²) in [4.78, 5) is 31.9. The topological polar surface area (TPSA) is 153 Å². The van der Waals surface area contributed by atoms with Crippen LogP contribution in [0, 0.1) is 11.3 Å². The zero-order chi connectivity index (χ0) is 29.6. The van der Waals surface area contributed by atoms with E-state index in [0.717, 1.165) is 23.3 Å². The van der Waals surface area contributed by atoms with E-state index in [1.54, 1.807) is 18.2 Å². The van der Waals surface area contributed by atoms with Gasteiger partial charge < -0.3 is 20.6 Å². The van der Waals surface area contributed by atoms with Gasteiger partial charge in [0.1, 0.15) is 6.54 Å². The first-order valence-corrected chi connectivity index (χ1v) is 12.5.